The second kappa shape index (κ2) is 10.9. The van der Waals surface area contributed by atoms with Gasteiger partial charge < -0.3 is 15.4 Å². The quantitative estimate of drug-likeness (QED) is 0.355. The van der Waals surface area contributed by atoms with Gasteiger partial charge in [-0.25, -0.2) is 4.79 Å². The van der Waals surface area contributed by atoms with Crippen LogP contribution in [0.3, 0.4) is 0 Å². The summed E-state index contributed by atoms with van der Waals surface area (Å²) in [5, 5.41) is 6.73. The van der Waals surface area contributed by atoms with Gasteiger partial charge in [0.2, 0.25) is 5.91 Å². The van der Waals surface area contributed by atoms with Crippen LogP contribution in [0.2, 0.25) is 5.02 Å². The van der Waals surface area contributed by atoms with Crippen molar-refractivity contribution >= 4 is 41.1 Å². The van der Waals surface area contributed by atoms with Gasteiger partial charge in [0, 0.05) is 22.0 Å². The van der Waals surface area contributed by atoms with Crippen molar-refractivity contribution in [2.75, 3.05) is 12.4 Å². The van der Waals surface area contributed by atoms with E-state index in [1.807, 2.05) is 18.2 Å². The van der Waals surface area contributed by atoms with E-state index < -0.39 is 11.9 Å². The maximum Gasteiger partial charge on any atom is 0.339 e. The predicted octanol–water partition coefficient (Wildman–Crippen LogP) is 4.99. The summed E-state index contributed by atoms with van der Waals surface area (Å²) in [5.41, 5.74) is 1.23. The molecule has 0 atom stereocenters. The number of carbonyl (C=O) groups excluding carboxylic acids is 3. The average molecular weight is 527 g/mol. The summed E-state index contributed by atoms with van der Waals surface area (Å²) < 4.78 is 5.25. The number of thioether (sulfide) groups is 1. The molecule has 2 aromatic carbocycles. The standard InChI is InChI=1S/C28H31ClN2O4S/c29-22-7-5-18(6-8-22)15-30-25(32)16-35-27(34)23-3-1-2-4-24(23)36-17-26(33)31-28-12-19-9-20(13-28)11-21(10-19)14-28/h1-8,19-21H,9-17H2,(H,30,32)(H,31,33). The molecule has 6 nitrogen and oxygen atoms in total. The maximum absolute atomic E-state index is 12.9. The van der Waals surface area contributed by atoms with Crippen LogP contribution in [-0.2, 0) is 20.9 Å². The Balaban J connectivity index is 1.10. The number of ether oxygens (including phenoxy) is 1. The monoisotopic (exact) mass is 526 g/mol. The molecule has 8 heteroatoms. The van der Waals surface area contributed by atoms with Crippen LogP contribution in [0.25, 0.3) is 0 Å². The topological polar surface area (TPSA) is 84.5 Å². The highest BCUT2D eigenvalue weighted by Crippen LogP contribution is 2.55. The summed E-state index contributed by atoms with van der Waals surface area (Å²) in [6, 6.07) is 14.2. The summed E-state index contributed by atoms with van der Waals surface area (Å²) in [5.74, 6) is 1.59. The van der Waals surface area contributed by atoms with Crippen LogP contribution in [-0.4, -0.2) is 35.7 Å². The zero-order valence-corrected chi connectivity index (χ0v) is 21.7. The normalized spacial score (nSPS) is 25.9. The largest absolute Gasteiger partial charge is 0.452 e. The first-order valence-electron chi connectivity index (χ1n) is 12.6. The number of carbonyl (C=O) groups is 3. The predicted molar refractivity (Wildman–Crippen MR) is 140 cm³/mol. The van der Waals surface area contributed by atoms with Crippen molar-refractivity contribution in [1.82, 2.24) is 10.6 Å². The van der Waals surface area contributed by atoms with Crippen LogP contribution in [0.5, 0.6) is 0 Å². The molecule has 4 bridgehead atoms. The minimum Gasteiger partial charge on any atom is -0.452 e. The van der Waals surface area contributed by atoms with Gasteiger partial charge in [-0.3, -0.25) is 9.59 Å². The van der Waals surface area contributed by atoms with Crippen LogP contribution >= 0.6 is 23.4 Å². The van der Waals surface area contributed by atoms with Crippen molar-refractivity contribution in [1.29, 1.82) is 0 Å². The van der Waals surface area contributed by atoms with Gasteiger partial charge in [-0.15, -0.1) is 11.8 Å². The SMILES string of the molecule is O=C(COC(=O)c1ccccc1SCC(=O)NC12CC3CC(CC(C3)C1)C2)NCc1ccc(Cl)cc1. The van der Waals surface area contributed by atoms with Crippen molar-refractivity contribution in [3.05, 3.63) is 64.7 Å². The Labute approximate surface area is 220 Å². The number of hydrogen-bond donors (Lipinski definition) is 2. The number of rotatable bonds is 9. The van der Waals surface area contributed by atoms with Crippen molar-refractivity contribution in [3.63, 3.8) is 0 Å². The van der Waals surface area contributed by atoms with E-state index >= 15 is 0 Å². The molecule has 2 aromatic rings. The van der Waals surface area contributed by atoms with Crippen LogP contribution < -0.4 is 10.6 Å². The zero-order valence-electron chi connectivity index (χ0n) is 20.1. The second-order valence-electron chi connectivity index (χ2n) is 10.5. The highest BCUT2D eigenvalue weighted by atomic mass is 35.5. The van der Waals surface area contributed by atoms with E-state index in [-0.39, 0.29) is 23.8 Å². The number of esters is 1. The van der Waals surface area contributed by atoms with Crippen LogP contribution in [0.15, 0.2) is 53.4 Å². The molecule has 0 heterocycles. The van der Waals surface area contributed by atoms with Crippen LogP contribution in [0, 0.1) is 17.8 Å². The van der Waals surface area contributed by atoms with Gasteiger partial charge >= 0.3 is 5.97 Å². The third-order valence-electron chi connectivity index (χ3n) is 7.65. The molecular formula is C28H31ClN2O4S. The molecule has 190 valence electrons. The molecule has 4 aliphatic rings. The molecule has 0 radical (unpaired) electrons. The molecular weight excluding hydrogens is 496 g/mol. The Hall–Kier alpha value is -2.51. The first-order valence-corrected chi connectivity index (χ1v) is 13.9. The van der Waals surface area contributed by atoms with E-state index in [2.05, 4.69) is 10.6 Å². The summed E-state index contributed by atoms with van der Waals surface area (Å²) in [6.07, 6.45) is 7.32. The van der Waals surface area contributed by atoms with Crippen molar-refractivity contribution in [2.45, 2.75) is 55.5 Å². The van der Waals surface area contributed by atoms with Crippen LogP contribution in [0.1, 0.15) is 54.4 Å². The van der Waals surface area contributed by atoms with Crippen molar-refractivity contribution in [3.8, 4) is 0 Å². The number of halogens is 1. The Morgan fingerprint density at radius 2 is 1.56 bits per heavy atom. The first-order chi connectivity index (χ1) is 17.4. The summed E-state index contributed by atoms with van der Waals surface area (Å²) >= 11 is 7.20. The highest BCUT2D eigenvalue weighted by Gasteiger charge is 2.51. The molecule has 0 saturated heterocycles. The Kier molecular flexibility index (Phi) is 7.58. The lowest BCUT2D eigenvalue weighted by atomic mass is 9.53. The third kappa shape index (κ3) is 6.06. The highest BCUT2D eigenvalue weighted by molar-refractivity contribution is 8.00. The molecule has 2 amide bonds. The minimum atomic E-state index is -0.582. The number of amides is 2. The van der Waals surface area contributed by atoms with Crippen molar-refractivity contribution < 1.29 is 19.1 Å². The molecule has 4 saturated carbocycles. The molecule has 2 N–H and O–H groups in total. The third-order valence-corrected chi connectivity index (χ3v) is 8.97. The summed E-state index contributed by atoms with van der Waals surface area (Å²) in [7, 11) is 0. The fourth-order valence-corrected chi connectivity index (χ4v) is 7.53. The van der Waals surface area contributed by atoms with Gasteiger partial charge in [0.1, 0.15) is 0 Å². The fraction of sp³-hybridized carbons (Fsp3) is 0.464. The Morgan fingerprint density at radius 3 is 2.22 bits per heavy atom. The molecule has 0 spiro atoms. The Morgan fingerprint density at radius 1 is 0.917 bits per heavy atom. The molecule has 0 aromatic heterocycles. The van der Waals surface area contributed by atoms with Gasteiger partial charge in [-0.1, -0.05) is 35.9 Å². The van der Waals surface area contributed by atoms with Gasteiger partial charge in [-0.2, -0.15) is 0 Å². The minimum absolute atomic E-state index is 0.0201. The fourth-order valence-electron chi connectivity index (χ4n) is 6.56. The number of nitrogens with one attached hydrogen (secondary N) is 2. The summed E-state index contributed by atoms with van der Waals surface area (Å²) in [6.45, 7) is -0.0588. The lowest BCUT2D eigenvalue weighted by Gasteiger charge is -2.56. The van der Waals surface area contributed by atoms with Gasteiger partial charge in [0.05, 0.1) is 11.3 Å². The lowest BCUT2D eigenvalue weighted by molar-refractivity contribution is -0.125. The molecule has 0 aliphatic heterocycles. The van der Waals surface area contributed by atoms with E-state index in [1.54, 1.807) is 30.3 Å². The van der Waals surface area contributed by atoms with E-state index in [0.29, 0.717) is 22.0 Å². The Bertz CT molecular complexity index is 1100. The zero-order chi connectivity index (χ0) is 25.1. The lowest BCUT2D eigenvalue weighted by Crippen LogP contribution is -2.60. The summed E-state index contributed by atoms with van der Waals surface area (Å²) in [4.78, 5) is 38.4. The molecule has 0 unspecified atom stereocenters. The van der Waals surface area contributed by atoms with E-state index in [9.17, 15) is 14.4 Å². The molecule has 4 aliphatic carbocycles. The second-order valence-corrected chi connectivity index (χ2v) is 12.0. The smallest absolute Gasteiger partial charge is 0.339 e. The molecule has 36 heavy (non-hydrogen) atoms. The van der Waals surface area contributed by atoms with E-state index in [0.717, 1.165) is 42.6 Å². The van der Waals surface area contributed by atoms with Gasteiger partial charge in [-0.05, 0) is 86.1 Å². The van der Waals surface area contributed by atoms with Crippen LogP contribution in [0.4, 0.5) is 0 Å². The van der Waals surface area contributed by atoms with E-state index in [1.165, 1.54) is 31.0 Å². The van der Waals surface area contributed by atoms with Crippen molar-refractivity contribution in [2.24, 2.45) is 17.8 Å². The van der Waals surface area contributed by atoms with E-state index in [4.69, 9.17) is 16.3 Å². The maximum atomic E-state index is 12.9. The number of benzene rings is 2. The molecule has 4 fully saturated rings. The van der Waals surface area contributed by atoms with Gasteiger partial charge in [0.25, 0.3) is 5.91 Å². The first kappa shape index (κ1) is 25.2. The molecule has 6 rings (SSSR count). The number of hydrogen-bond acceptors (Lipinski definition) is 5. The van der Waals surface area contributed by atoms with Gasteiger partial charge in [0.15, 0.2) is 6.61 Å². The average Bonchev–Trinajstić information content (AvgIpc) is 2.85.